The molecule has 0 radical (unpaired) electrons. The first kappa shape index (κ1) is 19.4. The van der Waals surface area contributed by atoms with E-state index in [1.54, 1.807) is 25.2 Å². The van der Waals surface area contributed by atoms with Crippen molar-refractivity contribution in [3.05, 3.63) is 35.6 Å². The van der Waals surface area contributed by atoms with Gasteiger partial charge in [0.1, 0.15) is 5.82 Å². The Hall–Kier alpha value is -1.66. The van der Waals surface area contributed by atoms with E-state index in [1.165, 1.54) is 11.0 Å². The fourth-order valence-corrected chi connectivity index (χ4v) is 2.62. The summed E-state index contributed by atoms with van der Waals surface area (Å²) < 4.78 is 13.6. The van der Waals surface area contributed by atoms with Crippen molar-refractivity contribution in [2.45, 2.75) is 19.4 Å². The summed E-state index contributed by atoms with van der Waals surface area (Å²) in [6, 6.07) is 6.41. The van der Waals surface area contributed by atoms with Crippen molar-refractivity contribution in [3.63, 3.8) is 0 Å². The van der Waals surface area contributed by atoms with Crippen molar-refractivity contribution < 1.29 is 19.1 Å². The summed E-state index contributed by atoms with van der Waals surface area (Å²) in [7, 11) is 1.65. The maximum Gasteiger partial charge on any atom is 0.306 e. The fourth-order valence-electron chi connectivity index (χ4n) is 2.62. The molecule has 2 rings (SSSR count). The number of aliphatic carboxylic acids is 1. The van der Waals surface area contributed by atoms with Crippen molar-refractivity contribution >= 4 is 24.3 Å². The number of carbonyl (C=O) groups excluding carboxylic acids is 1. The number of likely N-dealkylation sites (N-methyl/N-ethyl adjacent to an activating group) is 1. The number of likely N-dealkylation sites (tertiary alicyclic amines) is 1. The van der Waals surface area contributed by atoms with Gasteiger partial charge in [0.25, 0.3) is 0 Å². The molecule has 0 saturated carbocycles. The third kappa shape index (κ3) is 5.48. The molecule has 5 nitrogen and oxygen atoms in total. The van der Waals surface area contributed by atoms with Crippen LogP contribution in [0, 0.1) is 11.7 Å². The predicted molar refractivity (Wildman–Crippen MR) is 86.9 cm³/mol. The molecule has 1 aromatic carbocycles. The fraction of sp³-hybridized carbons (Fsp3) is 0.500. The lowest BCUT2D eigenvalue weighted by Gasteiger charge is -2.30. The van der Waals surface area contributed by atoms with Crippen LogP contribution in [0.1, 0.15) is 18.4 Å². The summed E-state index contributed by atoms with van der Waals surface area (Å²) in [4.78, 5) is 26.5. The average molecular weight is 345 g/mol. The monoisotopic (exact) mass is 344 g/mol. The molecule has 1 fully saturated rings. The highest BCUT2D eigenvalue weighted by atomic mass is 35.5. The standard InChI is InChI=1S/C16H21FN2O3.ClH/c1-18(10-13-4-2-3-5-14(13)17)15(20)11-19-8-6-12(7-9-19)16(21)22;/h2-5,12H,6-11H2,1H3,(H,21,22);1H. The Bertz CT molecular complexity index is 548. The Kier molecular flexibility index (Phi) is 7.45. The van der Waals surface area contributed by atoms with Gasteiger partial charge in [-0.1, -0.05) is 18.2 Å². The predicted octanol–water partition coefficient (Wildman–Crippen LogP) is 2.00. The van der Waals surface area contributed by atoms with Gasteiger partial charge in [-0.25, -0.2) is 4.39 Å². The van der Waals surface area contributed by atoms with E-state index < -0.39 is 5.97 Å². The minimum Gasteiger partial charge on any atom is -0.481 e. The highest BCUT2D eigenvalue weighted by Crippen LogP contribution is 2.17. The first-order valence-corrected chi connectivity index (χ1v) is 7.40. The molecule has 1 saturated heterocycles. The van der Waals surface area contributed by atoms with Crippen LogP contribution >= 0.6 is 12.4 Å². The number of halogens is 2. The van der Waals surface area contributed by atoms with Crippen LogP contribution in [-0.4, -0.2) is 53.5 Å². The molecule has 0 bridgehead atoms. The second-order valence-corrected chi connectivity index (χ2v) is 5.73. The lowest BCUT2D eigenvalue weighted by Crippen LogP contribution is -2.43. The number of amides is 1. The normalized spacial score (nSPS) is 15.7. The lowest BCUT2D eigenvalue weighted by molar-refractivity contribution is -0.143. The van der Waals surface area contributed by atoms with Gasteiger partial charge in [0, 0.05) is 19.2 Å². The minimum absolute atomic E-state index is 0. The Morgan fingerprint density at radius 1 is 1.30 bits per heavy atom. The SMILES string of the molecule is CN(Cc1ccccc1F)C(=O)CN1CCC(C(=O)O)CC1.Cl. The van der Waals surface area contributed by atoms with Crippen LogP contribution in [0.3, 0.4) is 0 Å². The molecule has 1 amide bonds. The van der Waals surface area contributed by atoms with E-state index in [0.29, 0.717) is 31.5 Å². The number of benzene rings is 1. The molecular weight excluding hydrogens is 323 g/mol. The van der Waals surface area contributed by atoms with E-state index in [1.807, 2.05) is 4.90 Å². The summed E-state index contributed by atoms with van der Waals surface area (Å²) in [5.41, 5.74) is 0.489. The van der Waals surface area contributed by atoms with Gasteiger partial charge in [-0.15, -0.1) is 12.4 Å². The maximum absolute atomic E-state index is 13.6. The summed E-state index contributed by atoms with van der Waals surface area (Å²) in [6.45, 7) is 1.70. The third-order valence-corrected chi connectivity index (χ3v) is 4.09. The van der Waals surface area contributed by atoms with Crippen molar-refractivity contribution in [1.29, 1.82) is 0 Å². The highest BCUT2D eigenvalue weighted by Gasteiger charge is 2.26. The van der Waals surface area contributed by atoms with Gasteiger partial charge in [0.05, 0.1) is 12.5 Å². The zero-order valence-electron chi connectivity index (χ0n) is 13.1. The Morgan fingerprint density at radius 3 is 2.48 bits per heavy atom. The smallest absolute Gasteiger partial charge is 0.306 e. The molecule has 1 heterocycles. The zero-order chi connectivity index (χ0) is 16.1. The average Bonchev–Trinajstić information content (AvgIpc) is 2.50. The van der Waals surface area contributed by atoms with Gasteiger partial charge in [0.2, 0.25) is 5.91 Å². The molecule has 128 valence electrons. The topological polar surface area (TPSA) is 60.9 Å². The largest absolute Gasteiger partial charge is 0.481 e. The summed E-state index contributed by atoms with van der Waals surface area (Å²) in [5, 5.41) is 8.96. The molecule has 0 unspecified atom stereocenters. The van der Waals surface area contributed by atoms with Gasteiger partial charge in [-0.3, -0.25) is 14.5 Å². The Labute approximate surface area is 141 Å². The van der Waals surface area contributed by atoms with Crippen LogP contribution in [-0.2, 0) is 16.1 Å². The van der Waals surface area contributed by atoms with Crippen molar-refractivity contribution in [2.24, 2.45) is 5.92 Å². The second kappa shape index (κ2) is 8.84. The number of hydrogen-bond acceptors (Lipinski definition) is 3. The van der Waals surface area contributed by atoms with Gasteiger partial charge >= 0.3 is 5.97 Å². The molecule has 1 aliphatic heterocycles. The number of carboxylic acid groups (broad SMARTS) is 1. The summed E-state index contributed by atoms with van der Waals surface area (Å²) in [5.74, 6) is -1.47. The van der Waals surface area contributed by atoms with Crippen LogP contribution in [0.5, 0.6) is 0 Å². The van der Waals surface area contributed by atoms with Crippen LogP contribution in [0.4, 0.5) is 4.39 Å². The van der Waals surface area contributed by atoms with E-state index in [4.69, 9.17) is 5.11 Å². The maximum atomic E-state index is 13.6. The number of rotatable bonds is 5. The molecule has 7 heteroatoms. The van der Waals surface area contributed by atoms with Gasteiger partial charge < -0.3 is 10.0 Å². The van der Waals surface area contributed by atoms with Crippen molar-refractivity contribution in [3.8, 4) is 0 Å². The lowest BCUT2D eigenvalue weighted by atomic mass is 9.97. The van der Waals surface area contributed by atoms with E-state index in [-0.39, 0.29) is 43.1 Å². The third-order valence-electron chi connectivity index (χ3n) is 4.09. The van der Waals surface area contributed by atoms with Gasteiger partial charge in [-0.2, -0.15) is 0 Å². The molecule has 0 aliphatic carbocycles. The number of carbonyl (C=O) groups is 2. The first-order chi connectivity index (χ1) is 10.5. The molecular formula is C16H22ClFN2O3. The number of carboxylic acids is 1. The van der Waals surface area contributed by atoms with E-state index in [2.05, 4.69) is 0 Å². The summed E-state index contributed by atoms with van der Waals surface area (Å²) in [6.07, 6.45) is 1.14. The van der Waals surface area contributed by atoms with Crippen LogP contribution < -0.4 is 0 Å². The summed E-state index contributed by atoms with van der Waals surface area (Å²) >= 11 is 0. The second-order valence-electron chi connectivity index (χ2n) is 5.73. The number of piperidine rings is 1. The zero-order valence-corrected chi connectivity index (χ0v) is 13.9. The quantitative estimate of drug-likeness (QED) is 0.887. The number of hydrogen-bond donors (Lipinski definition) is 1. The highest BCUT2D eigenvalue weighted by molar-refractivity contribution is 5.85. The molecule has 1 aromatic rings. The molecule has 0 aromatic heterocycles. The molecule has 1 aliphatic rings. The Morgan fingerprint density at radius 2 is 1.91 bits per heavy atom. The van der Waals surface area contributed by atoms with Crippen LogP contribution in [0.15, 0.2) is 24.3 Å². The molecule has 0 atom stereocenters. The van der Waals surface area contributed by atoms with Crippen molar-refractivity contribution in [2.75, 3.05) is 26.7 Å². The minimum atomic E-state index is -0.761. The van der Waals surface area contributed by atoms with Crippen molar-refractivity contribution in [1.82, 2.24) is 9.80 Å². The van der Waals surface area contributed by atoms with E-state index in [9.17, 15) is 14.0 Å². The Balaban J connectivity index is 0.00000264. The first-order valence-electron chi connectivity index (χ1n) is 7.40. The van der Waals surface area contributed by atoms with Crippen LogP contribution in [0.25, 0.3) is 0 Å². The molecule has 1 N–H and O–H groups in total. The van der Waals surface area contributed by atoms with E-state index in [0.717, 1.165) is 0 Å². The molecule has 23 heavy (non-hydrogen) atoms. The van der Waals surface area contributed by atoms with E-state index >= 15 is 0 Å². The molecule has 0 spiro atoms. The van der Waals surface area contributed by atoms with Gasteiger partial charge in [-0.05, 0) is 32.0 Å². The number of nitrogens with zero attached hydrogens (tertiary/aromatic N) is 2. The van der Waals surface area contributed by atoms with Gasteiger partial charge in [0.15, 0.2) is 0 Å². The van der Waals surface area contributed by atoms with Crippen LogP contribution in [0.2, 0.25) is 0 Å².